The molecule has 23 heavy (non-hydrogen) atoms. The van der Waals surface area contributed by atoms with Gasteiger partial charge in [-0.2, -0.15) is 0 Å². The molecule has 0 N–H and O–H groups in total. The molecule has 2 aromatic carbocycles. The fourth-order valence-electron chi connectivity index (χ4n) is 3.00. The van der Waals surface area contributed by atoms with Crippen LogP contribution in [0.4, 0.5) is 0 Å². The van der Waals surface area contributed by atoms with Crippen LogP contribution < -0.4 is 0 Å². The molecule has 1 atom stereocenters. The van der Waals surface area contributed by atoms with E-state index in [0.717, 1.165) is 11.0 Å². The van der Waals surface area contributed by atoms with Crippen molar-refractivity contribution >= 4 is 26.8 Å². The van der Waals surface area contributed by atoms with Crippen LogP contribution in [0.2, 0.25) is 0 Å². The first-order chi connectivity index (χ1) is 11.3. The van der Waals surface area contributed by atoms with Crippen molar-refractivity contribution in [3.8, 4) is 0 Å². The topological polar surface area (TPSA) is 22.8 Å². The second-order valence-electron chi connectivity index (χ2n) is 5.60. The second kappa shape index (κ2) is 6.05. The molecule has 0 aliphatic carbocycles. The van der Waals surface area contributed by atoms with Crippen molar-refractivity contribution < 1.29 is 0 Å². The molecule has 0 bridgehead atoms. The molecule has 0 aliphatic rings. The number of aromatic nitrogens is 3. The Balaban J connectivity index is 1.75. The summed E-state index contributed by atoms with van der Waals surface area (Å²) in [7, 11) is 0. The van der Waals surface area contributed by atoms with Gasteiger partial charge < -0.3 is 9.13 Å². The lowest BCUT2D eigenvalue weighted by Crippen LogP contribution is -2.15. The predicted octanol–water partition coefficient (Wildman–Crippen LogP) is 4.89. The summed E-state index contributed by atoms with van der Waals surface area (Å²) in [5.74, 6) is 0. The van der Waals surface area contributed by atoms with Gasteiger partial charge in [-0.1, -0.05) is 46.3 Å². The van der Waals surface area contributed by atoms with E-state index in [-0.39, 0.29) is 6.04 Å². The summed E-state index contributed by atoms with van der Waals surface area (Å²) in [4.78, 5) is 4.22. The average Bonchev–Trinajstić information content (AvgIpc) is 3.24. The van der Waals surface area contributed by atoms with E-state index < -0.39 is 0 Å². The van der Waals surface area contributed by atoms with Crippen molar-refractivity contribution in [2.75, 3.05) is 0 Å². The Morgan fingerprint density at radius 1 is 0.957 bits per heavy atom. The average molecular weight is 366 g/mol. The van der Waals surface area contributed by atoms with Crippen LogP contribution >= 0.6 is 15.9 Å². The lowest BCUT2D eigenvalue weighted by Gasteiger charge is -2.20. The number of hydrogen-bond donors (Lipinski definition) is 0. The number of rotatable bonds is 4. The van der Waals surface area contributed by atoms with Crippen molar-refractivity contribution in [3.63, 3.8) is 0 Å². The van der Waals surface area contributed by atoms with Crippen molar-refractivity contribution in [2.24, 2.45) is 0 Å². The minimum Gasteiger partial charge on any atom is -0.345 e. The van der Waals surface area contributed by atoms with E-state index in [1.54, 1.807) is 0 Å². The van der Waals surface area contributed by atoms with E-state index in [1.165, 1.54) is 16.5 Å². The Morgan fingerprint density at radius 3 is 2.57 bits per heavy atom. The zero-order valence-corrected chi connectivity index (χ0v) is 14.1. The van der Waals surface area contributed by atoms with E-state index in [4.69, 9.17) is 0 Å². The molecule has 0 saturated carbocycles. The molecule has 1 unspecified atom stereocenters. The van der Waals surface area contributed by atoms with Crippen molar-refractivity contribution in [2.45, 2.75) is 12.6 Å². The van der Waals surface area contributed by atoms with Crippen LogP contribution in [-0.4, -0.2) is 14.1 Å². The third-order valence-corrected chi connectivity index (χ3v) is 4.72. The summed E-state index contributed by atoms with van der Waals surface area (Å²) in [6.45, 7) is 0.867. The summed E-state index contributed by atoms with van der Waals surface area (Å²) >= 11 is 3.51. The molecule has 0 radical (unpaired) electrons. The summed E-state index contributed by atoms with van der Waals surface area (Å²) in [6, 6.07) is 19.4. The maximum absolute atomic E-state index is 4.22. The predicted molar refractivity (Wildman–Crippen MR) is 96.4 cm³/mol. The molecule has 2 heterocycles. The summed E-state index contributed by atoms with van der Waals surface area (Å²) in [5.41, 5.74) is 2.53. The van der Waals surface area contributed by atoms with E-state index in [9.17, 15) is 0 Å². The number of hydrogen-bond acceptors (Lipinski definition) is 1. The van der Waals surface area contributed by atoms with Gasteiger partial charge in [-0.15, -0.1) is 0 Å². The van der Waals surface area contributed by atoms with Crippen LogP contribution in [0.1, 0.15) is 11.6 Å². The van der Waals surface area contributed by atoms with Crippen LogP contribution in [0.3, 0.4) is 0 Å². The zero-order valence-electron chi connectivity index (χ0n) is 12.5. The first-order valence-corrected chi connectivity index (χ1v) is 8.37. The SMILES string of the molecule is Brc1ccc(C(Cn2ccc3ccccc32)n2ccnc2)cc1. The fourth-order valence-corrected chi connectivity index (χ4v) is 3.26. The Hall–Kier alpha value is -2.33. The van der Waals surface area contributed by atoms with Gasteiger partial charge in [0.05, 0.1) is 12.4 Å². The summed E-state index contributed by atoms with van der Waals surface area (Å²) in [5, 5.41) is 1.27. The van der Waals surface area contributed by atoms with Crippen LogP contribution in [0, 0.1) is 0 Å². The fraction of sp³-hybridized carbons (Fsp3) is 0.105. The zero-order chi connectivity index (χ0) is 15.6. The summed E-state index contributed by atoms with van der Waals surface area (Å²) in [6.07, 6.45) is 7.91. The van der Waals surface area contributed by atoms with Gasteiger partial charge in [-0.25, -0.2) is 4.98 Å². The highest BCUT2D eigenvalue weighted by Gasteiger charge is 2.15. The van der Waals surface area contributed by atoms with E-state index in [0.29, 0.717) is 0 Å². The minimum absolute atomic E-state index is 0.210. The molecule has 4 rings (SSSR count). The van der Waals surface area contributed by atoms with Gasteiger partial charge in [0.15, 0.2) is 0 Å². The third-order valence-electron chi connectivity index (χ3n) is 4.19. The largest absolute Gasteiger partial charge is 0.345 e. The van der Waals surface area contributed by atoms with Gasteiger partial charge >= 0.3 is 0 Å². The molecule has 0 amide bonds. The van der Waals surface area contributed by atoms with E-state index in [2.05, 4.69) is 90.8 Å². The Labute approximate surface area is 143 Å². The number of para-hydroxylation sites is 1. The van der Waals surface area contributed by atoms with Crippen molar-refractivity contribution in [3.05, 3.63) is 89.6 Å². The van der Waals surface area contributed by atoms with Gasteiger partial charge in [-0.05, 0) is 35.2 Å². The molecule has 0 saturated heterocycles. The third kappa shape index (κ3) is 2.82. The molecule has 0 spiro atoms. The van der Waals surface area contributed by atoms with Crippen molar-refractivity contribution in [1.82, 2.24) is 14.1 Å². The summed E-state index contributed by atoms with van der Waals surface area (Å²) < 4.78 is 5.57. The molecule has 4 aromatic rings. The minimum atomic E-state index is 0.210. The maximum Gasteiger partial charge on any atom is 0.0952 e. The van der Waals surface area contributed by atoms with Gasteiger partial charge in [0.25, 0.3) is 0 Å². The first-order valence-electron chi connectivity index (χ1n) is 7.58. The standard InChI is InChI=1S/C19H16BrN3/c20-17-7-5-16(6-8-17)19(23-12-10-21-14-23)13-22-11-9-15-3-1-2-4-18(15)22/h1-12,14,19H,13H2. The van der Waals surface area contributed by atoms with Gasteiger partial charge in [0, 0.05) is 35.1 Å². The van der Waals surface area contributed by atoms with E-state index in [1.807, 2.05) is 18.7 Å². The lowest BCUT2D eigenvalue weighted by atomic mass is 10.1. The lowest BCUT2D eigenvalue weighted by molar-refractivity contribution is 0.502. The van der Waals surface area contributed by atoms with Crippen LogP contribution in [0.25, 0.3) is 10.9 Å². The number of imidazole rings is 1. The molecule has 0 fully saturated rings. The van der Waals surface area contributed by atoms with Gasteiger partial charge in [-0.3, -0.25) is 0 Å². The molecule has 4 heteroatoms. The van der Waals surface area contributed by atoms with Gasteiger partial charge in [0.1, 0.15) is 0 Å². The maximum atomic E-state index is 4.22. The van der Waals surface area contributed by atoms with Crippen LogP contribution in [0.15, 0.2) is 84.0 Å². The highest BCUT2D eigenvalue weighted by molar-refractivity contribution is 9.10. The number of benzene rings is 2. The molecule has 0 aliphatic heterocycles. The van der Waals surface area contributed by atoms with E-state index >= 15 is 0 Å². The molecule has 2 aromatic heterocycles. The Bertz CT molecular complexity index is 907. The second-order valence-corrected chi connectivity index (χ2v) is 6.52. The Kier molecular flexibility index (Phi) is 3.75. The molecular weight excluding hydrogens is 350 g/mol. The molecule has 3 nitrogen and oxygen atoms in total. The Morgan fingerprint density at radius 2 is 1.78 bits per heavy atom. The first kappa shape index (κ1) is 14.3. The van der Waals surface area contributed by atoms with Crippen LogP contribution in [0.5, 0.6) is 0 Å². The van der Waals surface area contributed by atoms with Gasteiger partial charge in [0.2, 0.25) is 0 Å². The number of halogens is 1. The van der Waals surface area contributed by atoms with Crippen molar-refractivity contribution in [1.29, 1.82) is 0 Å². The highest BCUT2D eigenvalue weighted by atomic mass is 79.9. The monoisotopic (exact) mass is 365 g/mol. The number of nitrogens with zero attached hydrogens (tertiary/aromatic N) is 3. The van der Waals surface area contributed by atoms with Crippen LogP contribution in [-0.2, 0) is 6.54 Å². The quantitative estimate of drug-likeness (QED) is 0.504. The smallest absolute Gasteiger partial charge is 0.0952 e. The highest BCUT2D eigenvalue weighted by Crippen LogP contribution is 2.25. The molecule has 114 valence electrons. The normalized spacial score (nSPS) is 12.6. The molecular formula is C19H16BrN3. The number of fused-ring (bicyclic) bond motifs is 1.